The molecule has 0 aromatic heterocycles. The molecule has 1 aromatic carbocycles. The molecule has 8 heteroatoms. The van der Waals surface area contributed by atoms with Crippen LogP contribution >= 0.6 is 0 Å². The van der Waals surface area contributed by atoms with Crippen LogP contribution in [0.25, 0.3) is 0 Å². The van der Waals surface area contributed by atoms with E-state index in [0.29, 0.717) is 13.0 Å². The van der Waals surface area contributed by atoms with E-state index < -0.39 is 21.7 Å². The van der Waals surface area contributed by atoms with Crippen molar-refractivity contribution in [3.8, 4) is 6.07 Å². The first-order valence-corrected chi connectivity index (χ1v) is 8.22. The van der Waals surface area contributed by atoms with Crippen molar-refractivity contribution in [2.24, 2.45) is 0 Å². The van der Waals surface area contributed by atoms with E-state index in [1.807, 2.05) is 0 Å². The molecule has 0 radical (unpaired) electrons. The maximum Gasteiger partial charge on any atom is 0.211 e. The number of nitrogens with zero attached hydrogens (tertiary/aromatic N) is 2. The number of sulfonamides is 1. The molecule has 0 aliphatic carbocycles. The summed E-state index contributed by atoms with van der Waals surface area (Å²) in [6.45, 7) is 2.54. The van der Waals surface area contributed by atoms with Gasteiger partial charge in [-0.05, 0) is 18.6 Å². The molecule has 0 spiro atoms. The second-order valence-corrected chi connectivity index (χ2v) is 6.44. The minimum atomic E-state index is -3.26. The summed E-state index contributed by atoms with van der Waals surface area (Å²) in [7, 11) is -3.26. The van der Waals surface area contributed by atoms with Crippen LogP contribution in [-0.4, -0.2) is 38.6 Å². The van der Waals surface area contributed by atoms with Gasteiger partial charge >= 0.3 is 0 Å². The van der Waals surface area contributed by atoms with Crippen molar-refractivity contribution in [1.29, 1.82) is 5.26 Å². The van der Waals surface area contributed by atoms with Gasteiger partial charge in [0.1, 0.15) is 5.69 Å². The van der Waals surface area contributed by atoms with Crippen molar-refractivity contribution < 1.29 is 17.2 Å². The van der Waals surface area contributed by atoms with Crippen molar-refractivity contribution in [1.82, 2.24) is 4.31 Å². The summed E-state index contributed by atoms with van der Waals surface area (Å²) < 4.78 is 51.2. The van der Waals surface area contributed by atoms with E-state index in [9.17, 15) is 17.2 Å². The lowest BCUT2D eigenvalue weighted by molar-refractivity contribution is 0.428. The molecular formula is C13H17F2N3O2S. The Morgan fingerprint density at radius 2 is 1.90 bits per heavy atom. The van der Waals surface area contributed by atoms with Crippen LogP contribution in [0.5, 0.6) is 0 Å². The largest absolute Gasteiger partial charge is 0.380 e. The predicted octanol–water partition coefficient (Wildman–Crippen LogP) is 1.92. The monoisotopic (exact) mass is 317 g/mol. The van der Waals surface area contributed by atoms with E-state index in [4.69, 9.17) is 5.26 Å². The van der Waals surface area contributed by atoms with E-state index >= 15 is 0 Å². The number of nitriles is 1. The van der Waals surface area contributed by atoms with Crippen LogP contribution in [0.4, 0.5) is 14.5 Å². The number of nitrogens with one attached hydrogen (secondary N) is 1. The summed E-state index contributed by atoms with van der Waals surface area (Å²) in [4.78, 5) is 0. The minimum Gasteiger partial charge on any atom is -0.380 e. The standard InChI is InChI=1S/C13H17F2N3O2S/c1-3-18(21(2,19)20)6-4-5-17-13-11(14)7-10(9-16)8-12(13)15/h7-8,17H,3-6H2,1-2H3. The number of benzene rings is 1. The van der Waals surface area contributed by atoms with Gasteiger partial charge in [0.25, 0.3) is 0 Å². The number of hydrogen-bond acceptors (Lipinski definition) is 4. The average molecular weight is 317 g/mol. The Morgan fingerprint density at radius 1 is 1.33 bits per heavy atom. The van der Waals surface area contributed by atoms with E-state index in [1.165, 1.54) is 4.31 Å². The first-order valence-electron chi connectivity index (χ1n) is 6.37. The molecule has 0 aliphatic heterocycles. The fourth-order valence-corrected chi connectivity index (χ4v) is 2.76. The van der Waals surface area contributed by atoms with Crippen molar-refractivity contribution in [3.05, 3.63) is 29.3 Å². The normalized spacial score (nSPS) is 11.4. The minimum absolute atomic E-state index is 0.0928. The predicted molar refractivity (Wildman–Crippen MR) is 76.3 cm³/mol. The van der Waals surface area contributed by atoms with Crippen LogP contribution < -0.4 is 5.32 Å². The van der Waals surface area contributed by atoms with E-state index in [2.05, 4.69) is 5.32 Å². The Balaban J connectivity index is 2.60. The molecule has 0 atom stereocenters. The molecule has 116 valence electrons. The second kappa shape index (κ2) is 7.33. The Labute approximate surface area is 123 Å². The zero-order valence-electron chi connectivity index (χ0n) is 11.9. The maximum atomic E-state index is 13.6. The van der Waals surface area contributed by atoms with Crippen LogP contribution in [0.3, 0.4) is 0 Å². The van der Waals surface area contributed by atoms with Gasteiger partial charge < -0.3 is 5.32 Å². The summed E-state index contributed by atoms with van der Waals surface area (Å²) in [5, 5.41) is 11.2. The fourth-order valence-electron chi connectivity index (χ4n) is 1.83. The van der Waals surface area contributed by atoms with Crippen molar-refractivity contribution in [3.63, 3.8) is 0 Å². The Morgan fingerprint density at radius 3 is 2.33 bits per heavy atom. The molecule has 0 unspecified atom stereocenters. The molecule has 5 nitrogen and oxygen atoms in total. The van der Waals surface area contributed by atoms with Crippen molar-refractivity contribution in [2.45, 2.75) is 13.3 Å². The van der Waals surface area contributed by atoms with Crippen LogP contribution in [0.2, 0.25) is 0 Å². The zero-order chi connectivity index (χ0) is 16.0. The fraction of sp³-hybridized carbons (Fsp3) is 0.462. The smallest absolute Gasteiger partial charge is 0.211 e. The number of rotatable bonds is 7. The highest BCUT2D eigenvalue weighted by Gasteiger charge is 2.14. The first-order chi connectivity index (χ1) is 9.79. The van der Waals surface area contributed by atoms with Gasteiger partial charge in [-0.2, -0.15) is 5.26 Å². The van der Waals surface area contributed by atoms with Gasteiger partial charge in [0.2, 0.25) is 10.0 Å². The van der Waals surface area contributed by atoms with Crippen LogP contribution in [0.1, 0.15) is 18.9 Å². The third-order valence-corrected chi connectivity index (χ3v) is 4.26. The molecule has 0 heterocycles. The van der Waals surface area contributed by atoms with Crippen LogP contribution in [-0.2, 0) is 10.0 Å². The summed E-state index contributed by atoms with van der Waals surface area (Å²) in [6.07, 6.45) is 1.52. The van der Waals surface area contributed by atoms with Crippen molar-refractivity contribution in [2.75, 3.05) is 31.2 Å². The van der Waals surface area contributed by atoms with Gasteiger partial charge in [-0.1, -0.05) is 6.92 Å². The summed E-state index contributed by atoms with van der Waals surface area (Å²) in [6, 6.07) is 3.55. The second-order valence-electron chi connectivity index (χ2n) is 4.46. The molecule has 21 heavy (non-hydrogen) atoms. The molecule has 0 saturated heterocycles. The number of hydrogen-bond donors (Lipinski definition) is 1. The van der Waals surface area contributed by atoms with Gasteiger partial charge in [-0.25, -0.2) is 21.5 Å². The molecular weight excluding hydrogens is 300 g/mol. The lowest BCUT2D eigenvalue weighted by Crippen LogP contribution is -2.31. The summed E-state index contributed by atoms with van der Waals surface area (Å²) >= 11 is 0. The highest BCUT2D eigenvalue weighted by atomic mass is 32.2. The number of halogens is 2. The quantitative estimate of drug-likeness (QED) is 0.780. The molecule has 0 fully saturated rings. The topological polar surface area (TPSA) is 73.2 Å². The average Bonchev–Trinajstić information content (AvgIpc) is 2.39. The Hall–Kier alpha value is -1.72. The SMILES string of the molecule is CCN(CCCNc1c(F)cc(C#N)cc1F)S(C)(=O)=O. The zero-order valence-corrected chi connectivity index (χ0v) is 12.7. The lowest BCUT2D eigenvalue weighted by Gasteiger charge is -2.18. The Bertz CT molecular complexity index is 618. The maximum absolute atomic E-state index is 13.6. The highest BCUT2D eigenvalue weighted by molar-refractivity contribution is 7.88. The van der Waals surface area contributed by atoms with E-state index in [-0.39, 0.29) is 24.3 Å². The molecule has 1 N–H and O–H groups in total. The molecule has 0 amide bonds. The molecule has 0 bridgehead atoms. The lowest BCUT2D eigenvalue weighted by atomic mass is 10.2. The van der Waals surface area contributed by atoms with Crippen LogP contribution in [0.15, 0.2) is 12.1 Å². The molecule has 0 aliphatic rings. The van der Waals surface area contributed by atoms with Gasteiger partial charge in [-0.3, -0.25) is 0 Å². The molecule has 0 saturated carbocycles. The summed E-state index contributed by atoms with van der Waals surface area (Å²) in [5.41, 5.74) is -0.402. The van der Waals surface area contributed by atoms with Crippen LogP contribution in [0, 0.1) is 23.0 Å². The van der Waals surface area contributed by atoms with Gasteiger partial charge in [-0.15, -0.1) is 0 Å². The number of anilines is 1. The highest BCUT2D eigenvalue weighted by Crippen LogP contribution is 2.20. The molecule has 1 rings (SSSR count). The van der Waals surface area contributed by atoms with Gasteiger partial charge in [0, 0.05) is 19.6 Å². The third kappa shape index (κ3) is 4.95. The molecule has 1 aromatic rings. The van der Waals surface area contributed by atoms with E-state index in [0.717, 1.165) is 18.4 Å². The van der Waals surface area contributed by atoms with Crippen molar-refractivity contribution >= 4 is 15.7 Å². The summed E-state index contributed by atoms with van der Waals surface area (Å²) in [5.74, 6) is -1.69. The third-order valence-electron chi connectivity index (χ3n) is 2.88. The first kappa shape index (κ1) is 17.3. The Kier molecular flexibility index (Phi) is 6.05. The van der Waals surface area contributed by atoms with Gasteiger partial charge in [0.15, 0.2) is 11.6 Å². The van der Waals surface area contributed by atoms with E-state index in [1.54, 1.807) is 13.0 Å². The van der Waals surface area contributed by atoms with Gasteiger partial charge in [0.05, 0.1) is 17.9 Å².